The third-order valence-corrected chi connectivity index (χ3v) is 6.06. The second-order valence-electron chi connectivity index (χ2n) is 7.91. The van der Waals surface area contributed by atoms with E-state index in [1.807, 2.05) is 0 Å². The van der Waals surface area contributed by atoms with E-state index >= 15 is 0 Å². The van der Waals surface area contributed by atoms with Gasteiger partial charge < -0.3 is 16.2 Å². The van der Waals surface area contributed by atoms with Gasteiger partial charge in [0.15, 0.2) is 0 Å². The van der Waals surface area contributed by atoms with E-state index < -0.39 is 5.91 Å². The van der Waals surface area contributed by atoms with Crippen LogP contribution < -0.4 is 11.5 Å². The van der Waals surface area contributed by atoms with Crippen molar-refractivity contribution in [3.05, 3.63) is 17.5 Å². The van der Waals surface area contributed by atoms with Gasteiger partial charge in [0.1, 0.15) is 0 Å². The number of carbonyl (C=O) groups excluding carboxylic acids is 1. The number of primary amides is 1. The van der Waals surface area contributed by atoms with Gasteiger partial charge >= 0.3 is 0 Å². The van der Waals surface area contributed by atoms with Crippen molar-refractivity contribution in [3.63, 3.8) is 0 Å². The van der Waals surface area contributed by atoms with Crippen molar-refractivity contribution >= 4 is 11.9 Å². The number of hydrogen-bond acceptors (Lipinski definition) is 5. The van der Waals surface area contributed by atoms with Crippen molar-refractivity contribution in [2.75, 3.05) is 12.3 Å². The summed E-state index contributed by atoms with van der Waals surface area (Å²) in [5.74, 6) is -0.270. The second kappa shape index (κ2) is 10.6. The average Bonchev–Trinajstić information content (AvgIpc) is 3.12. The molecular weight excluding hydrogens is 340 g/mol. The highest BCUT2D eigenvalue weighted by Crippen LogP contribution is 2.43. The average molecular weight is 377 g/mol. The van der Waals surface area contributed by atoms with E-state index in [9.17, 15) is 4.79 Å². The SMILES string of the molecule is CCC1(Cc2nc(N)ncc2C(N)=O)CCCC1.CCOC1CCCCC1. The molecule has 0 saturated heterocycles. The normalized spacial score (nSPS) is 19.3. The summed E-state index contributed by atoms with van der Waals surface area (Å²) in [7, 11) is 0. The van der Waals surface area contributed by atoms with Crippen molar-refractivity contribution < 1.29 is 9.53 Å². The van der Waals surface area contributed by atoms with Gasteiger partial charge in [-0.1, -0.05) is 45.4 Å². The van der Waals surface area contributed by atoms with E-state index in [2.05, 4.69) is 23.8 Å². The highest BCUT2D eigenvalue weighted by Gasteiger charge is 2.33. The number of rotatable bonds is 6. The van der Waals surface area contributed by atoms with Gasteiger partial charge in [0.2, 0.25) is 5.95 Å². The van der Waals surface area contributed by atoms with E-state index in [1.165, 1.54) is 64.0 Å². The minimum absolute atomic E-state index is 0.208. The monoisotopic (exact) mass is 376 g/mol. The third-order valence-electron chi connectivity index (χ3n) is 6.06. The van der Waals surface area contributed by atoms with Crippen molar-refractivity contribution in [1.29, 1.82) is 0 Å². The van der Waals surface area contributed by atoms with Crippen molar-refractivity contribution in [3.8, 4) is 0 Å². The molecule has 2 saturated carbocycles. The van der Waals surface area contributed by atoms with Gasteiger partial charge in [-0.05, 0) is 44.4 Å². The zero-order valence-corrected chi connectivity index (χ0v) is 17.0. The Balaban J connectivity index is 0.000000244. The number of aromatic nitrogens is 2. The Morgan fingerprint density at radius 1 is 1.19 bits per heavy atom. The smallest absolute Gasteiger partial charge is 0.252 e. The zero-order chi connectivity index (χ0) is 19.7. The first-order valence-electron chi connectivity index (χ1n) is 10.5. The molecule has 152 valence electrons. The maximum atomic E-state index is 11.4. The number of anilines is 1. The molecule has 1 amide bonds. The van der Waals surface area contributed by atoms with Crippen LogP contribution >= 0.6 is 0 Å². The highest BCUT2D eigenvalue weighted by molar-refractivity contribution is 5.93. The summed E-state index contributed by atoms with van der Waals surface area (Å²) in [4.78, 5) is 19.5. The molecule has 27 heavy (non-hydrogen) atoms. The molecule has 0 aromatic carbocycles. The number of ether oxygens (including phenoxy) is 1. The molecule has 2 aliphatic rings. The number of carbonyl (C=O) groups is 1. The molecule has 0 atom stereocenters. The Morgan fingerprint density at radius 2 is 1.85 bits per heavy atom. The predicted octanol–water partition coefficient (Wildman–Crippen LogP) is 4.03. The molecule has 2 fully saturated rings. The maximum Gasteiger partial charge on any atom is 0.252 e. The first kappa shape index (κ1) is 21.6. The molecule has 0 bridgehead atoms. The summed E-state index contributed by atoms with van der Waals surface area (Å²) in [6, 6.07) is 0. The Bertz CT molecular complexity index is 591. The van der Waals surface area contributed by atoms with Gasteiger partial charge in [0.05, 0.1) is 17.4 Å². The molecule has 0 radical (unpaired) electrons. The first-order valence-corrected chi connectivity index (χ1v) is 10.5. The van der Waals surface area contributed by atoms with Gasteiger partial charge in [-0.15, -0.1) is 0 Å². The number of nitrogens with zero attached hydrogens (tertiary/aromatic N) is 2. The molecule has 1 aromatic rings. The van der Waals surface area contributed by atoms with Crippen LogP contribution in [0.5, 0.6) is 0 Å². The third kappa shape index (κ3) is 6.45. The van der Waals surface area contributed by atoms with Crippen LogP contribution in [0.25, 0.3) is 0 Å². The molecule has 6 heteroatoms. The minimum Gasteiger partial charge on any atom is -0.379 e. The van der Waals surface area contributed by atoms with Crippen LogP contribution in [0.2, 0.25) is 0 Å². The number of nitrogen functional groups attached to an aromatic ring is 1. The molecular formula is C21H36N4O2. The van der Waals surface area contributed by atoms with E-state index in [0.717, 1.165) is 19.4 Å². The summed E-state index contributed by atoms with van der Waals surface area (Å²) in [5, 5.41) is 0. The fourth-order valence-corrected chi connectivity index (χ4v) is 4.38. The Hall–Kier alpha value is -1.69. The molecule has 6 nitrogen and oxygen atoms in total. The fraction of sp³-hybridized carbons (Fsp3) is 0.762. The van der Waals surface area contributed by atoms with Gasteiger partial charge in [0, 0.05) is 12.8 Å². The van der Waals surface area contributed by atoms with Crippen LogP contribution in [-0.4, -0.2) is 28.6 Å². The number of amides is 1. The second-order valence-corrected chi connectivity index (χ2v) is 7.91. The van der Waals surface area contributed by atoms with Crippen molar-refractivity contribution in [2.24, 2.45) is 11.1 Å². The lowest BCUT2D eigenvalue weighted by atomic mass is 9.78. The summed E-state index contributed by atoms with van der Waals surface area (Å²) < 4.78 is 5.48. The summed E-state index contributed by atoms with van der Waals surface area (Å²) in [6.07, 6.45) is 15.6. The quantitative estimate of drug-likeness (QED) is 0.780. The largest absolute Gasteiger partial charge is 0.379 e. The molecule has 1 aromatic heterocycles. The number of nitrogens with two attached hydrogens (primary N) is 2. The van der Waals surface area contributed by atoms with Crippen molar-refractivity contribution in [2.45, 2.75) is 90.6 Å². The summed E-state index contributed by atoms with van der Waals surface area (Å²) in [6.45, 7) is 5.17. The maximum absolute atomic E-state index is 11.4. The van der Waals surface area contributed by atoms with E-state index in [4.69, 9.17) is 16.2 Å². The first-order chi connectivity index (χ1) is 13.0. The standard InChI is InChI=1S/C13H20N4O.C8H16O/c1-2-13(5-3-4-6-13)7-10-9(11(14)18)8-16-12(15)17-10;1-2-9-8-6-4-3-5-7-8/h8H,2-7H2,1H3,(H2,14,18)(H2,15,16,17);8H,2-7H2,1H3. The summed E-state index contributed by atoms with van der Waals surface area (Å²) >= 11 is 0. The summed E-state index contributed by atoms with van der Waals surface area (Å²) in [5.41, 5.74) is 12.3. The highest BCUT2D eigenvalue weighted by atomic mass is 16.5. The molecule has 0 aliphatic heterocycles. The van der Waals surface area contributed by atoms with E-state index in [1.54, 1.807) is 0 Å². The molecule has 0 unspecified atom stereocenters. The van der Waals surface area contributed by atoms with Crippen LogP contribution in [0.1, 0.15) is 94.1 Å². The lowest BCUT2D eigenvalue weighted by molar-refractivity contribution is 0.0368. The number of hydrogen-bond donors (Lipinski definition) is 2. The van der Waals surface area contributed by atoms with Gasteiger partial charge in [-0.3, -0.25) is 4.79 Å². The molecule has 1 heterocycles. The molecule has 0 spiro atoms. The van der Waals surface area contributed by atoms with Crippen LogP contribution in [-0.2, 0) is 11.2 Å². The topological polar surface area (TPSA) is 104 Å². The van der Waals surface area contributed by atoms with Gasteiger partial charge in [-0.2, -0.15) is 0 Å². The zero-order valence-electron chi connectivity index (χ0n) is 17.0. The van der Waals surface area contributed by atoms with Gasteiger partial charge in [-0.25, -0.2) is 9.97 Å². The molecule has 2 aliphatic carbocycles. The van der Waals surface area contributed by atoms with Gasteiger partial charge in [0.25, 0.3) is 5.91 Å². The molecule has 3 rings (SSSR count). The Morgan fingerprint density at radius 3 is 2.41 bits per heavy atom. The van der Waals surface area contributed by atoms with Crippen LogP contribution in [0.3, 0.4) is 0 Å². The van der Waals surface area contributed by atoms with Crippen LogP contribution in [0.4, 0.5) is 5.95 Å². The lowest BCUT2D eigenvalue weighted by Crippen LogP contribution is -2.24. The molecule has 4 N–H and O–H groups in total. The van der Waals surface area contributed by atoms with Crippen LogP contribution in [0, 0.1) is 5.41 Å². The predicted molar refractivity (Wildman–Crippen MR) is 108 cm³/mol. The van der Waals surface area contributed by atoms with E-state index in [0.29, 0.717) is 17.4 Å². The van der Waals surface area contributed by atoms with Crippen molar-refractivity contribution in [1.82, 2.24) is 9.97 Å². The fourth-order valence-electron chi connectivity index (χ4n) is 4.38. The Kier molecular flexibility index (Phi) is 8.48. The van der Waals surface area contributed by atoms with E-state index in [-0.39, 0.29) is 11.4 Å². The van der Waals surface area contributed by atoms with Crippen LogP contribution in [0.15, 0.2) is 6.20 Å². The lowest BCUT2D eigenvalue weighted by Gasteiger charge is -2.27. The minimum atomic E-state index is -0.478. The Labute approximate surface area is 163 Å².